The Labute approximate surface area is 120 Å². The summed E-state index contributed by atoms with van der Waals surface area (Å²) in [5.41, 5.74) is 0.659. The van der Waals surface area contributed by atoms with Gasteiger partial charge in [0.15, 0.2) is 0 Å². The first-order valence-corrected chi connectivity index (χ1v) is 6.65. The van der Waals surface area contributed by atoms with Gasteiger partial charge in [-0.25, -0.2) is 0 Å². The number of carboxylic acid groups (broad SMARTS) is 1. The third kappa shape index (κ3) is 5.59. The zero-order valence-electron chi connectivity index (χ0n) is 10.6. The maximum atomic E-state index is 10.5. The number of benzene rings is 1. The third-order valence-corrected chi connectivity index (χ3v) is 3.14. The van der Waals surface area contributed by atoms with Crippen molar-refractivity contribution >= 4 is 21.9 Å². The lowest BCUT2D eigenvalue weighted by atomic mass is 10.0. The monoisotopic (exact) mass is 332 g/mol. The molecule has 1 rings (SSSR count). The van der Waals surface area contributed by atoms with Crippen LogP contribution >= 0.6 is 15.9 Å². The van der Waals surface area contributed by atoms with Crippen LogP contribution < -0.4 is 4.74 Å². The summed E-state index contributed by atoms with van der Waals surface area (Å²) < 4.78 is 11.1. The molecule has 0 aliphatic carbocycles. The lowest BCUT2D eigenvalue weighted by Crippen LogP contribution is -2.06. The molecule has 6 heteroatoms. The second-order valence-electron chi connectivity index (χ2n) is 3.98. The van der Waals surface area contributed by atoms with Crippen LogP contribution in [0.1, 0.15) is 24.5 Å². The molecule has 0 fully saturated rings. The number of ether oxygens (including phenoxy) is 2. The van der Waals surface area contributed by atoms with Gasteiger partial charge >= 0.3 is 5.97 Å². The predicted octanol–water partition coefficient (Wildman–Crippen LogP) is 2.37. The van der Waals surface area contributed by atoms with Crippen LogP contribution in [0.25, 0.3) is 0 Å². The number of aliphatic hydroxyl groups is 1. The smallest absolute Gasteiger partial charge is 0.303 e. The second-order valence-corrected chi connectivity index (χ2v) is 4.83. The highest BCUT2D eigenvalue weighted by molar-refractivity contribution is 9.10. The van der Waals surface area contributed by atoms with E-state index in [9.17, 15) is 9.90 Å². The number of aliphatic carboxylic acids is 1. The number of methoxy groups -OCH3 is 1. The molecule has 0 spiro atoms. The van der Waals surface area contributed by atoms with Crippen molar-refractivity contribution in [3.05, 3.63) is 28.2 Å². The Morgan fingerprint density at radius 3 is 2.74 bits per heavy atom. The summed E-state index contributed by atoms with van der Waals surface area (Å²) in [4.78, 5) is 10.5. The van der Waals surface area contributed by atoms with E-state index in [2.05, 4.69) is 15.9 Å². The van der Waals surface area contributed by atoms with E-state index in [0.29, 0.717) is 24.5 Å². The molecule has 0 aromatic heterocycles. The first kappa shape index (κ1) is 15.9. The molecule has 1 unspecified atom stereocenters. The fourth-order valence-corrected chi connectivity index (χ4v) is 2.01. The van der Waals surface area contributed by atoms with Crippen molar-refractivity contribution in [1.29, 1.82) is 0 Å². The van der Waals surface area contributed by atoms with Gasteiger partial charge in [-0.1, -0.05) is 6.07 Å². The van der Waals surface area contributed by atoms with E-state index in [4.69, 9.17) is 14.6 Å². The van der Waals surface area contributed by atoms with Crippen molar-refractivity contribution in [3.8, 4) is 5.75 Å². The molecule has 1 atom stereocenters. The molecule has 0 saturated heterocycles. The Morgan fingerprint density at radius 2 is 2.16 bits per heavy atom. The minimum atomic E-state index is -0.919. The molecular formula is C13H17BrO5. The van der Waals surface area contributed by atoms with Gasteiger partial charge < -0.3 is 19.7 Å². The van der Waals surface area contributed by atoms with Crippen LogP contribution in [0.3, 0.4) is 0 Å². The Morgan fingerprint density at radius 1 is 1.42 bits per heavy atom. The van der Waals surface area contributed by atoms with Gasteiger partial charge in [0.1, 0.15) is 12.4 Å². The predicted molar refractivity (Wildman–Crippen MR) is 73.3 cm³/mol. The fourth-order valence-electron chi connectivity index (χ4n) is 1.50. The highest BCUT2D eigenvalue weighted by Crippen LogP contribution is 2.29. The quantitative estimate of drug-likeness (QED) is 0.715. The van der Waals surface area contributed by atoms with E-state index in [1.807, 2.05) is 0 Å². The Hall–Kier alpha value is -1.11. The summed E-state index contributed by atoms with van der Waals surface area (Å²) in [6.07, 6.45) is -0.670. The van der Waals surface area contributed by atoms with Gasteiger partial charge in [0.2, 0.25) is 0 Å². The zero-order chi connectivity index (χ0) is 14.3. The van der Waals surface area contributed by atoms with Gasteiger partial charge in [0.25, 0.3) is 0 Å². The van der Waals surface area contributed by atoms with Crippen LogP contribution in [0.2, 0.25) is 0 Å². The Balaban J connectivity index is 2.62. The average molecular weight is 333 g/mol. The molecule has 0 aliphatic rings. The minimum absolute atomic E-state index is 0.0646. The molecule has 0 aliphatic heterocycles. The molecule has 0 bridgehead atoms. The van der Waals surface area contributed by atoms with Crippen LogP contribution in [0, 0.1) is 0 Å². The normalized spacial score (nSPS) is 12.2. The zero-order valence-corrected chi connectivity index (χ0v) is 12.2. The molecule has 0 heterocycles. The number of carboxylic acids is 1. The average Bonchev–Trinajstić information content (AvgIpc) is 2.38. The molecule has 1 aromatic rings. The summed E-state index contributed by atoms with van der Waals surface area (Å²) in [5.74, 6) is -0.260. The Bertz CT molecular complexity index is 421. The molecule has 1 aromatic carbocycles. The molecule has 19 heavy (non-hydrogen) atoms. The van der Waals surface area contributed by atoms with Crippen molar-refractivity contribution in [2.75, 3.05) is 20.3 Å². The number of hydrogen-bond acceptors (Lipinski definition) is 4. The van der Waals surface area contributed by atoms with E-state index in [0.717, 1.165) is 4.47 Å². The molecular weight excluding hydrogens is 316 g/mol. The summed E-state index contributed by atoms with van der Waals surface area (Å²) in [6, 6.07) is 5.19. The van der Waals surface area contributed by atoms with Gasteiger partial charge in [-0.2, -0.15) is 0 Å². The molecule has 5 nitrogen and oxygen atoms in total. The Kier molecular flexibility index (Phi) is 6.83. The summed E-state index contributed by atoms with van der Waals surface area (Å²) in [7, 11) is 1.60. The van der Waals surface area contributed by atoms with E-state index >= 15 is 0 Å². The van der Waals surface area contributed by atoms with Crippen molar-refractivity contribution < 1.29 is 24.5 Å². The van der Waals surface area contributed by atoms with Gasteiger partial charge in [-0.3, -0.25) is 4.79 Å². The number of aliphatic hydroxyl groups excluding tert-OH is 1. The van der Waals surface area contributed by atoms with Gasteiger partial charge in [-0.15, -0.1) is 0 Å². The van der Waals surface area contributed by atoms with Crippen molar-refractivity contribution in [2.24, 2.45) is 0 Å². The summed E-state index contributed by atoms with van der Waals surface area (Å²) in [6.45, 7) is 0.936. The number of carbonyl (C=O) groups is 1. The van der Waals surface area contributed by atoms with Gasteiger partial charge in [0.05, 0.1) is 17.2 Å². The number of hydrogen-bond donors (Lipinski definition) is 2. The lowest BCUT2D eigenvalue weighted by Gasteiger charge is -2.13. The highest BCUT2D eigenvalue weighted by Gasteiger charge is 2.12. The number of rotatable bonds is 8. The molecule has 2 N–H and O–H groups in total. The topological polar surface area (TPSA) is 76.0 Å². The van der Waals surface area contributed by atoms with Crippen LogP contribution in [-0.4, -0.2) is 36.5 Å². The standard InChI is InChI=1S/C13H17BrO5/c1-18-6-7-19-12-4-2-9(8-10(12)14)11(15)3-5-13(16)17/h2,4,8,11,15H,3,5-7H2,1H3,(H,16,17). The highest BCUT2D eigenvalue weighted by atomic mass is 79.9. The van der Waals surface area contributed by atoms with E-state index in [1.165, 1.54) is 0 Å². The van der Waals surface area contributed by atoms with Crippen LogP contribution in [0.15, 0.2) is 22.7 Å². The van der Waals surface area contributed by atoms with E-state index < -0.39 is 12.1 Å². The number of halogens is 1. The van der Waals surface area contributed by atoms with Gasteiger partial charge in [0, 0.05) is 13.5 Å². The van der Waals surface area contributed by atoms with Gasteiger partial charge in [-0.05, 0) is 40.0 Å². The molecule has 0 amide bonds. The van der Waals surface area contributed by atoms with E-state index in [1.54, 1.807) is 25.3 Å². The minimum Gasteiger partial charge on any atom is -0.490 e. The lowest BCUT2D eigenvalue weighted by molar-refractivity contribution is -0.137. The SMILES string of the molecule is COCCOc1ccc(C(O)CCC(=O)O)cc1Br. The van der Waals surface area contributed by atoms with Crippen molar-refractivity contribution in [1.82, 2.24) is 0 Å². The second kappa shape index (κ2) is 8.14. The van der Waals surface area contributed by atoms with Crippen LogP contribution in [-0.2, 0) is 9.53 Å². The van der Waals surface area contributed by atoms with Crippen molar-refractivity contribution in [2.45, 2.75) is 18.9 Å². The first-order valence-electron chi connectivity index (χ1n) is 5.85. The molecule has 0 saturated carbocycles. The molecule has 0 radical (unpaired) electrons. The maximum Gasteiger partial charge on any atom is 0.303 e. The first-order chi connectivity index (χ1) is 9.04. The molecule has 106 valence electrons. The summed E-state index contributed by atoms with van der Waals surface area (Å²) in [5, 5.41) is 18.4. The van der Waals surface area contributed by atoms with Crippen LogP contribution in [0.5, 0.6) is 5.75 Å². The maximum absolute atomic E-state index is 10.5. The third-order valence-electron chi connectivity index (χ3n) is 2.52. The van der Waals surface area contributed by atoms with Crippen LogP contribution in [0.4, 0.5) is 0 Å². The van der Waals surface area contributed by atoms with Crippen molar-refractivity contribution in [3.63, 3.8) is 0 Å². The summed E-state index contributed by atoms with van der Waals surface area (Å²) >= 11 is 3.35. The fraction of sp³-hybridized carbons (Fsp3) is 0.462. The van der Waals surface area contributed by atoms with E-state index in [-0.39, 0.29) is 12.8 Å². The largest absolute Gasteiger partial charge is 0.490 e.